The van der Waals surface area contributed by atoms with E-state index in [1.807, 2.05) is 49.4 Å². The number of para-hydroxylation sites is 1. The van der Waals surface area contributed by atoms with E-state index in [-0.39, 0.29) is 24.3 Å². The maximum Gasteiger partial charge on any atom is 0.252 e. The number of amides is 2. The number of nitrogens with one attached hydrogen (secondary N) is 2. The molecule has 6 heteroatoms. The number of piperazine rings is 1. The van der Waals surface area contributed by atoms with Crippen LogP contribution in [0.3, 0.4) is 0 Å². The number of hydrogen-bond donors (Lipinski definition) is 2. The molecule has 1 saturated heterocycles. The summed E-state index contributed by atoms with van der Waals surface area (Å²) >= 11 is 6.52. The number of nitrogens with zero attached hydrogens (tertiary/aromatic N) is 1. The molecule has 0 spiro atoms. The topological polar surface area (TPSA) is 65.2 Å². The molecule has 2 atom stereocenters. The standard InChI is InChI=1S/C21H18ClN3O2/c1-21-19-18(13-7-3-5-9-16(13)24-19)14(12-6-2-4-8-15(12)22)11-25(21)17(26)10-23-20(21)27/h2-9,14,24H,10-11H2,1H3,(H,23,27)/t14?,21-/m0/s1. The quantitative estimate of drug-likeness (QED) is 0.682. The fraction of sp³-hybridized carbons (Fsp3) is 0.238. The summed E-state index contributed by atoms with van der Waals surface area (Å²) in [5, 5.41) is 4.47. The first-order valence-corrected chi connectivity index (χ1v) is 9.34. The van der Waals surface area contributed by atoms with Crippen molar-refractivity contribution in [1.82, 2.24) is 15.2 Å². The van der Waals surface area contributed by atoms with E-state index in [2.05, 4.69) is 16.4 Å². The Morgan fingerprint density at radius 2 is 1.85 bits per heavy atom. The van der Waals surface area contributed by atoms with Crippen LogP contribution >= 0.6 is 11.6 Å². The smallest absolute Gasteiger partial charge is 0.252 e. The third-order valence-electron chi connectivity index (χ3n) is 5.91. The molecular weight excluding hydrogens is 362 g/mol. The predicted molar refractivity (Wildman–Crippen MR) is 104 cm³/mol. The SMILES string of the molecule is C[C@]12C(=O)NCC(=O)N1CC(c1ccccc1Cl)c1c2[nH]c2ccccc12. The molecule has 2 aliphatic rings. The molecular formula is C21H18ClN3O2. The Bertz CT molecular complexity index is 1110. The van der Waals surface area contributed by atoms with Crippen molar-refractivity contribution < 1.29 is 9.59 Å². The number of rotatable bonds is 1. The average molecular weight is 380 g/mol. The highest BCUT2D eigenvalue weighted by atomic mass is 35.5. The van der Waals surface area contributed by atoms with Gasteiger partial charge in [-0.2, -0.15) is 0 Å². The zero-order chi connectivity index (χ0) is 18.8. The lowest BCUT2D eigenvalue weighted by Gasteiger charge is -2.48. The Balaban J connectivity index is 1.84. The second-order valence-corrected chi connectivity index (χ2v) is 7.70. The van der Waals surface area contributed by atoms with Crippen LogP contribution in [-0.2, 0) is 15.1 Å². The summed E-state index contributed by atoms with van der Waals surface area (Å²) in [5.74, 6) is -0.348. The van der Waals surface area contributed by atoms with Gasteiger partial charge in [-0.3, -0.25) is 9.59 Å². The van der Waals surface area contributed by atoms with Crippen molar-refractivity contribution in [2.24, 2.45) is 0 Å². The predicted octanol–water partition coefficient (Wildman–Crippen LogP) is 3.14. The lowest BCUT2D eigenvalue weighted by molar-refractivity contribution is -0.154. The number of halogens is 1. The largest absolute Gasteiger partial charge is 0.356 e. The minimum Gasteiger partial charge on any atom is -0.356 e. The molecule has 0 bridgehead atoms. The van der Waals surface area contributed by atoms with Crippen molar-refractivity contribution in [3.63, 3.8) is 0 Å². The van der Waals surface area contributed by atoms with Gasteiger partial charge in [-0.1, -0.05) is 48.0 Å². The molecule has 2 aliphatic heterocycles. The average Bonchev–Trinajstić information content (AvgIpc) is 3.07. The van der Waals surface area contributed by atoms with Gasteiger partial charge in [-0.25, -0.2) is 0 Å². The monoisotopic (exact) mass is 379 g/mol. The molecule has 1 unspecified atom stereocenters. The molecule has 1 aromatic heterocycles. The summed E-state index contributed by atoms with van der Waals surface area (Å²) in [6.45, 7) is 2.26. The molecule has 27 heavy (non-hydrogen) atoms. The molecule has 2 aromatic carbocycles. The lowest BCUT2D eigenvalue weighted by atomic mass is 9.76. The molecule has 136 valence electrons. The van der Waals surface area contributed by atoms with Crippen LogP contribution in [0.2, 0.25) is 5.02 Å². The summed E-state index contributed by atoms with van der Waals surface area (Å²) in [6, 6.07) is 15.7. The minimum absolute atomic E-state index is 0.0270. The van der Waals surface area contributed by atoms with E-state index in [1.165, 1.54) is 0 Å². The van der Waals surface area contributed by atoms with E-state index in [0.717, 1.165) is 27.7 Å². The molecule has 5 nitrogen and oxygen atoms in total. The highest BCUT2D eigenvalue weighted by Gasteiger charge is 2.54. The Labute approximate surface area is 161 Å². The molecule has 5 rings (SSSR count). The van der Waals surface area contributed by atoms with E-state index in [1.54, 1.807) is 4.90 Å². The Morgan fingerprint density at radius 3 is 2.67 bits per heavy atom. The zero-order valence-electron chi connectivity index (χ0n) is 14.8. The Hall–Kier alpha value is -2.79. The molecule has 0 radical (unpaired) electrons. The van der Waals surface area contributed by atoms with Gasteiger partial charge in [0.25, 0.3) is 5.91 Å². The number of benzene rings is 2. The fourth-order valence-electron chi connectivity index (χ4n) is 4.52. The van der Waals surface area contributed by atoms with Crippen molar-refractivity contribution in [2.45, 2.75) is 18.4 Å². The molecule has 0 saturated carbocycles. The Morgan fingerprint density at radius 1 is 1.11 bits per heavy atom. The van der Waals surface area contributed by atoms with Gasteiger partial charge in [-0.05, 0) is 30.2 Å². The van der Waals surface area contributed by atoms with Crippen LogP contribution in [-0.4, -0.2) is 34.8 Å². The fourth-order valence-corrected chi connectivity index (χ4v) is 4.79. The third kappa shape index (κ3) is 2.12. The van der Waals surface area contributed by atoms with Gasteiger partial charge in [0.05, 0.1) is 12.2 Å². The van der Waals surface area contributed by atoms with Crippen LogP contribution < -0.4 is 5.32 Å². The first kappa shape index (κ1) is 16.4. The van der Waals surface area contributed by atoms with Crippen LogP contribution in [0.4, 0.5) is 0 Å². The van der Waals surface area contributed by atoms with E-state index >= 15 is 0 Å². The number of H-pyrrole nitrogens is 1. The van der Waals surface area contributed by atoms with E-state index in [4.69, 9.17) is 11.6 Å². The second-order valence-electron chi connectivity index (χ2n) is 7.29. The maximum absolute atomic E-state index is 12.9. The maximum atomic E-state index is 12.9. The van der Waals surface area contributed by atoms with Crippen molar-refractivity contribution in [3.8, 4) is 0 Å². The first-order chi connectivity index (χ1) is 13.0. The van der Waals surface area contributed by atoms with Crippen LogP contribution in [0.5, 0.6) is 0 Å². The number of hydrogen-bond acceptors (Lipinski definition) is 2. The summed E-state index contributed by atoms with van der Waals surface area (Å²) in [7, 11) is 0. The van der Waals surface area contributed by atoms with Gasteiger partial charge in [0.15, 0.2) is 5.54 Å². The molecule has 3 heterocycles. The van der Waals surface area contributed by atoms with Gasteiger partial charge in [0.2, 0.25) is 5.91 Å². The van der Waals surface area contributed by atoms with E-state index in [0.29, 0.717) is 11.6 Å². The summed E-state index contributed by atoms with van der Waals surface area (Å²) in [4.78, 5) is 30.7. The molecule has 1 fully saturated rings. The highest BCUT2D eigenvalue weighted by Crippen LogP contribution is 2.47. The molecule has 2 N–H and O–H groups in total. The van der Waals surface area contributed by atoms with Gasteiger partial charge in [-0.15, -0.1) is 0 Å². The second kappa shape index (κ2) is 5.60. The Kier molecular flexibility index (Phi) is 3.40. The number of fused-ring (bicyclic) bond motifs is 5. The van der Waals surface area contributed by atoms with Crippen molar-refractivity contribution >= 4 is 34.3 Å². The molecule has 2 amide bonds. The van der Waals surface area contributed by atoms with E-state index < -0.39 is 5.54 Å². The number of aromatic amines is 1. The first-order valence-electron chi connectivity index (χ1n) is 8.96. The van der Waals surface area contributed by atoms with Crippen molar-refractivity contribution in [3.05, 3.63) is 70.4 Å². The number of aromatic nitrogens is 1. The van der Waals surface area contributed by atoms with Crippen LogP contribution in [0, 0.1) is 0 Å². The number of carbonyl (C=O) groups excluding carboxylic acids is 2. The number of carbonyl (C=O) groups is 2. The van der Waals surface area contributed by atoms with Gasteiger partial charge >= 0.3 is 0 Å². The summed E-state index contributed by atoms with van der Waals surface area (Å²) in [6.07, 6.45) is 0. The van der Waals surface area contributed by atoms with Gasteiger partial charge in [0, 0.05) is 28.4 Å². The lowest BCUT2D eigenvalue weighted by Crippen LogP contribution is -2.66. The third-order valence-corrected chi connectivity index (χ3v) is 6.25. The minimum atomic E-state index is -1.05. The van der Waals surface area contributed by atoms with E-state index in [9.17, 15) is 9.59 Å². The normalized spacial score (nSPS) is 24.5. The van der Waals surface area contributed by atoms with Crippen molar-refractivity contribution in [2.75, 3.05) is 13.1 Å². The van der Waals surface area contributed by atoms with Gasteiger partial charge < -0.3 is 15.2 Å². The van der Waals surface area contributed by atoms with Crippen molar-refractivity contribution in [1.29, 1.82) is 0 Å². The van der Waals surface area contributed by atoms with Crippen LogP contribution in [0.25, 0.3) is 10.9 Å². The highest BCUT2D eigenvalue weighted by molar-refractivity contribution is 6.31. The van der Waals surface area contributed by atoms with Crippen LogP contribution in [0.15, 0.2) is 48.5 Å². The van der Waals surface area contributed by atoms with Gasteiger partial charge in [0.1, 0.15) is 0 Å². The molecule has 0 aliphatic carbocycles. The van der Waals surface area contributed by atoms with Crippen LogP contribution in [0.1, 0.15) is 29.7 Å². The zero-order valence-corrected chi connectivity index (χ0v) is 15.5. The molecule has 3 aromatic rings. The summed E-state index contributed by atoms with van der Waals surface area (Å²) < 4.78 is 0. The summed E-state index contributed by atoms with van der Waals surface area (Å²) in [5.41, 5.74) is 2.67.